The number of aromatic nitrogens is 2. The minimum absolute atomic E-state index is 0.549. The van der Waals surface area contributed by atoms with Gasteiger partial charge in [0.2, 0.25) is 5.95 Å². The second kappa shape index (κ2) is 4.81. The Labute approximate surface area is 107 Å². The van der Waals surface area contributed by atoms with Gasteiger partial charge in [0.25, 0.3) is 0 Å². The predicted molar refractivity (Wildman–Crippen MR) is 69.6 cm³/mol. The highest BCUT2D eigenvalue weighted by molar-refractivity contribution is 6.30. The molecule has 0 radical (unpaired) electrons. The molecule has 0 spiro atoms. The first-order valence-corrected chi connectivity index (χ1v) is 7.02. The van der Waals surface area contributed by atoms with Crippen LogP contribution in [0, 0.1) is 0 Å². The summed E-state index contributed by atoms with van der Waals surface area (Å²) < 4.78 is 0. The van der Waals surface area contributed by atoms with Gasteiger partial charge in [-0.05, 0) is 38.5 Å². The largest absolute Gasteiger partial charge is 0.351 e. The fraction of sp³-hybridized carbons (Fsp3) is 0.692. The average molecular weight is 252 g/mol. The molecule has 3 nitrogen and oxygen atoms in total. The van der Waals surface area contributed by atoms with Crippen LogP contribution in [0.1, 0.15) is 49.8 Å². The Bertz CT molecular complexity index is 413. The first kappa shape index (κ1) is 11.3. The van der Waals surface area contributed by atoms with E-state index in [4.69, 9.17) is 11.6 Å². The van der Waals surface area contributed by atoms with Gasteiger partial charge < -0.3 is 5.32 Å². The Morgan fingerprint density at radius 1 is 1.00 bits per heavy atom. The number of nitrogens with one attached hydrogen (secondary N) is 1. The summed E-state index contributed by atoms with van der Waals surface area (Å²) in [6.45, 7) is 0. The van der Waals surface area contributed by atoms with Crippen molar-refractivity contribution < 1.29 is 0 Å². The number of rotatable bonds is 2. The van der Waals surface area contributed by atoms with Crippen molar-refractivity contribution in [1.29, 1.82) is 0 Å². The highest BCUT2D eigenvalue weighted by Gasteiger charge is 2.19. The van der Waals surface area contributed by atoms with E-state index >= 15 is 0 Å². The minimum atomic E-state index is 0.549. The summed E-state index contributed by atoms with van der Waals surface area (Å²) in [5.41, 5.74) is 2.34. The molecule has 3 rings (SSSR count). The molecule has 1 saturated carbocycles. The van der Waals surface area contributed by atoms with Crippen LogP contribution in [0.3, 0.4) is 0 Å². The van der Waals surface area contributed by atoms with Crippen molar-refractivity contribution in [2.75, 3.05) is 5.32 Å². The van der Waals surface area contributed by atoms with Crippen LogP contribution in [0.4, 0.5) is 5.95 Å². The number of halogens is 1. The predicted octanol–water partition coefficient (Wildman–Crippen LogP) is 3.36. The van der Waals surface area contributed by atoms with E-state index < -0.39 is 0 Å². The van der Waals surface area contributed by atoms with Gasteiger partial charge in [-0.25, -0.2) is 9.97 Å². The lowest BCUT2D eigenvalue weighted by Crippen LogP contribution is -2.18. The molecular weight excluding hydrogens is 234 g/mol. The van der Waals surface area contributed by atoms with E-state index in [1.807, 2.05) is 0 Å². The van der Waals surface area contributed by atoms with Crippen molar-refractivity contribution in [3.8, 4) is 0 Å². The molecule has 0 bridgehead atoms. The standard InChI is InChI=1S/C13H18ClN3/c14-12-10-7-3-4-8-11(10)16-13(17-12)15-9-5-1-2-6-9/h9H,1-8H2,(H,15,16,17). The van der Waals surface area contributed by atoms with E-state index in [-0.39, 0.29) is 0 Å². The summed E-state index contributed by atoms with van der Waals surface area (Å²) in [5.74, 6) is 0.738. The average Bonchev–Trinajstić information content (AvgIpc) is 2.82. The van der Waals surface area contributed by atoms with Crippen molar-refractivity contribution in [1.82, 2.24) is 9.97 Å². The van der Waals surface area contributed by atoms with Crippen molar-refractivity contribution in [3.63, 3.8) is 0 Å². The molecule has 0 saturated heterocycles. The Morgan fingerprint density at radius 3 is 2.59 bits per heavy atom. The second-order valence-electron chi connectivity index (χ2n) is 5.10. The monoisotopic (exact) mass is 251 g/mol. The van der Waals surface area contributed by atoms with E-state index in [1.165, 1.54) is 44.1 Å². The molecule has 92 valence electrons. The van der Waals surface area contributed by atoms with Crippen LogP contribution < -0.4 is 5.32 Å². The Morgan fingerprint density at radius 2 is 1.76 bits per heavy atom. The van der Waals surface area contributed by atoms with Gasteiger partial charge in [-0.1, -0.05) is 24.4 Å². The number of hydrogen-bond acceptors (Lipinski definition) is 3. The topological polar surface area (TPSA) is 37.8 Å². The molecule has 17 heavy (non-hydrogen) atoms. The molecular formula is C13H18ClN3. The summed E-state index contributed by atoms with van der Waals surface area (Å²) in [6, 6.07) is 0.549. The van der Waals surface area contributed by atoms with Gasteiger partial charge >= 0.3 is 0 Å². The highest BCUT2D eigenvalue weighted by atomic mass is 35.5. The summed E-state index contributed by atoms with van der Waals surface area (Å²) in [7, 11) is 0. The summed E-state index contributed by atoms with van der Waals surface area (Å²) in [4.78, 5) is 9.02. The van der Waals surface area contributed by atoms with Gasteiger partial charge in [0.15, 0.2) is 0 Å². The van der Waals surface area contributed by atoms with E-state index in [9.17, 15) is 0 Å². The number of fused-ring (bicyclic) bond motifs is 1. The van der Waals surface area contributed by atoms with Crippen molar-refractivity contribution >= 4 is 17.5 Å². The second-order valence-corrected chi connectivity index (χ2v) is 5.45. The molecule has 0 amide bonds. The molecule has 4 heteroatoms. The lowest BCUT2D eigenvalue weighted by molar-refractivity contribution is 0.659. The molecule has 0 unspecified atom stereocenters. The fourth-order valence-electron chi connectivity index (χ4n) is 2.87. The lowest BCUT2D eigenvalue weighted by Gasteiger charge is -2.18. The Balaban J connectivity index is 1.82. The maximum Gasteiger partial charge on any atom is 0.224 e. The van der Waals surface area contributed by atoms with Crippen LogP contribution >= 0.6 is 11.6 Å². The maximum absolute atomic E-state index is 6.24. The third-order valence-electron chi connectivity index (χ3n) is 3.82. The maximum atomic E-state index is 6.24. The minimum Gasteiger partial charge on any atom is -0.351 e. The van der Waals surface area contributed by atoms with Gasteiger partial charge in [-0.2, -0.15) is 0 Å². The smallest absolute Gasteiger partial charge is 0.224 e. The van der Waals surface area contributed by atoms with Crippen molar-refractivity contribution in [2.24, 2.45) is 0 Å². The molecule has 0 aromatic carbocycles. The number of aryl methyl sites for hydroxylation is 1. The van der Waals surface area contributed by atoms with Crippen molar-refractivity contribution in [2.45, 2.75) is 57.4 Å². The molecule has 0 atom stereocenters. The summed E-state index contributed by atoms with van der Waals surface area (Å²) in [5, 5.41) is 4.09. The number of nitrogens with zero attached hydrogens (tertiary/aromatic N) is 2. The summed E-state index contributed by atoms with van der Waals surface area (Å²) in [6.07, 6.45) is 9.63. The quantitative estimate of drug-likeness (QED) is 0.819. The first-order valence-electron chi connectivity index (χ1n) is 6.65. The third kappa shape index (κ3) is 2.39. The SMILES string of the molecule is Clc1nc(NC2CCCC2)nc2c1CCCC2. The molecule has 1 aromatic rings. The van der Waals surface area contributed by atoms with Gasteiger partial charge in [-0.15, -0.1) is 0 Å². The van der Waals surface area contributed by atoms with Crippen LogP contribution in [-0.4, -0.2) is 16.0 Å². The first-order chi connectivity index (χ1) is 8.33. The van der Waals surface area contributed by atoms with E-state index in [1.54, 1.807) is 0 Å². The van der Waals surface area contributed by atoms with Crippen LogP contribution in [0.25, 0.3) is 0 Å². The fourth-order valence-corrected chi connectivity index (χ4v) is 3.15. The molecule has 1 heterocycles. The Kier molecular flexibility index (Phi) is 3.19. The Hall–Kier alpha value is -0.830. The normalized spacial score (nSPS) is 20.3. The van der Waals surface area contributed by atoms with Crippen molar-refractivity contribution in [3.05, 3.63) is 16.4 Å². The number of anilines is 1. The molecule has 2 aliphatic carbocycles. The molecule has 1 fully saturated rings. The molecule has 2 aliphatic rings. The zero-order valence-electron chi connectivity index (χ0n) is 10.0. The third-order valence-corrected chi connectivity index (χ3v) is 4.13. The summed E-state index contributed by atoms with van der Waals surface area (Å²) >= 11 is 6.24. The number of hydrogen-bond donors (Lipinski definition) is 1. The van der Waals surface area contributed by atoms with Gasteiger partial charge in [0.05, 0.1) is 5.69 Å². The van der Waals surface area contributed by atoms with Crippen LogP contribution in [0.15, 0.2) is 0 Å². The van der Waals surface area contributed by atoms with Crippen LogP contribution in [0.2, 0.25) is 5.15 Å². The van der Waals surface area contributed by atoms with E-state index in [0.717, 1.165) is 24.5 Å². The van der Waals surface area contributed by atoms with E-state index in [2.05, 4.69) is 15.3 Å². The van der Waals surface area contributed by atoms with E-state index in [0.29, 0.717) is 11.2 Å². The van der Waals surface area contributed by atoms with Crippen LogP contribution in [0.5, 0.6) is 0 Å². The lowest BCUT2D eigenvalue weighted by atomic mass is 9.97. The molecule has 1 N–H and O–H groups in total. The van der Waals surface area contributed by atoms with Gasteiger partial charge in [-0.3, -0.25) is 0 Å². The van der Waals surface area contributed by atoms with Crippen LogP contribution in [-0.2, 0) is 12.8 Å². The van der Waals surface area contributed by atoms with Gasteiger partial charge in [0, 0.05) is 11.6 Å². The van der Waals surface area contributed by atoms with Gasteiger partial charge in [0.1, 0.15) is 5.15 Å². The zero-order chi connectivity index (χ0) is 11.7. The molecule has 0 aliphatic heterocycles. The zero-order valence-corrected chi connectivity index (χ0v) is 10.8. The highest BCUT2D eigenvalue weighted by Crippen LogP contribution is 2.27. The molecule has 1 aromatic heterocycles.